The highest BCUT2D eigenvalue weighted by molar-refractivity contribution is 7.13. The van der Waals surface area contributed by atoms with Crippen LogP contribution in [0.2, 0.25) is 0 Å². The first kappa shape index (κ1) is 18.7. The summed E-state index contributed by atoms with van der Waals surface area (Å²) in [6.45, 7) is 1.72. The summed E-state index contributed by atoms with van der Waals surface area (Å²) in [5, 5.41) is 7.72. The highest BCUT2D eigenvalue weighted by atomic mass is 32.1. The minimum absolute atomic E-state index is 0.0744. The largest absolute Gasteiger partial charge is 0.325 e. The van der Waals surface area contributed by atoms with Gasteiger partial charge in [0.15, 0.2) is 0 Å². The number of imide groups is 1. The molecule has 2 N–H and O–H groups in total. The molecular formula is C21H23N3O3S. The second-order valence-corrected chi connectivity index (χ2v) is 8.46. The van der Waals surface area contributed by atoms with Crippen LogP contribution in [-0.2, 0) is 9.59 Å². The molecule has 4 rings (SSSR count). The molecule has 6 nitrogen and oxygen atoms in total. The van der Waals surface area contributed by atoms with Gasteiger partial charge in [-0.15, -0.1) is 11.3 Å². The molecule has 28 heavy (non-hydrogen) atoms. The van der Waals surface area contributed by atoms with E-state index in [4.69, 9.17) is 0 Å². The fraction of sp³-hybridized carbons (Fsp3) is 0.381. The number of anilines is 1. The van der Waals surface area contributed by atoms with Crippen LogP contribution in [0.3, 0.4) is 0 Å². The molecule has 2 unspecified atom stereocenters. The number of nitrogens with zero attached hydrogens (tertiary/aromatic N) is 1. The highest BCUT2D eigenvalue weighted by Gasteiger charge is 2.55. The van der Waals surface area contributed by atoms with Crippen molar-refractivity contribution >= 4 is 34.9 Å². The summed E-state index contributed by atoms with van der Waals surface area (Å²) in [6.07, 6.45) is 3.51. The maximum absolute atomic E-state index is 13.0. The van der Waals surface area contributed by atoms with E-state index in [-0.39, 0.29) is 24.3 Å². The van der Waals surface area contributed by atoms with Gasteiger partial charge in [-0.05, 0) is 36.3 Å². The number of carbonyl (C=O) groups excluding carboxylic acids is 3. The lowest BCUT2D eigenvalue weighted by atomic mass is 9.73. The molecule has 0 radical (unpaired) electrons. The summed E-state index contributed by atoms with van der Waals surface area (Å²) < 4.78 is 0. The van der Waals surface area contributed by atoms with E-state index in [1.165, 1.54) is 0 Å². The Balaban J connectivity index is 1.49. The van der Waals surface area contributed by atoms with E-state index in [1.54, 1.807) is 11.3 Å². The number of carbonyl (C=O) groups is 3. The molecule has 2 aromatic rings. The van der Waals surface area contributed by atoms with E-state index in [0.717, 1.165) is 34.6 Å². The lowest BCUT2D eigenvalue weighted by Gasteiger charge is -2.36. The predicted octanol–water partition coefficient (Wildman–Crippen LogP) is 3.85. The van der Waals surface area contributed by atoms with Crippen LogP contribution in [0.1, 0.15) is 32.6 Å². The molecule has 1 aromatic heterocycles. The van der Waals surface area contributed by atoms with Gasteiger partial charge in [-0.3, -0.25) is 14.5 Å². The Hall–Kier alpha value is -2.67. The third kappa shape index (κ3) is 3.20. The van der Waals surface area contributed by atoms with Crippen molar-refractivity contribution < 1.29 is 14.4 Å². The molecule has 146 valence electrons. The van der Waals surface area contributed by atoms with Crippen molar-refractivity contribution in [2.24, 2.45) is 5.92 Å². The van der Waals surface area contributed by atoms with Crippen molar-refractivity contribution in [3.63, 3.8) is 0 Å². The van der Waals surface area contributed by atoms with E-state index in [1.807, 2.05) is 48.7 Å². The number of hydrogen-bond acceptors (Lipinski definition) is 4. The molecule has 1 aromatic carbocycles. The first-order valence-corrected chi connectivity index (χ1v) is 10.5. The number of thiophene rings is 1. The Labute approximate surface area is 167 Å². The van der Waals surface area contributed by atoms with Gasteiger partial charge in [0, 0.05) is 16.1 Å². The molecule has 7 heteroatoms. The van der Waals surface area contributed by atoms with Gasteiger partial charge in [0.05, 0.1) is 0 Å². The maximum atomic E-state index is 13.0. The molecule has 1 saturated heterocycles. The summed E-state index contributed by atoms with van der Waals surface area (Å²) in [5.41, 5.74) is 0.744. The predicted molar refractivity (Wildman–Crippen MR) is 109 cm³/mol. The van der Waals surface area contributed by atoms with Crippen LogP contribution < -0.4 is 10.6 Å². The van der Waals surface area contributed by atoms with Crippen LogP contribution in [0.15, 0.2) is 41.8 Å². The van der Waals surface area contributed by atoms with Gasteiger partial charge < -0.3 is 10.6 Å². The summed E-state index contributed by atoms with van der Waals surface area (Å²) >= 11 is 1.59. The number of nitrogens with one attached hydrogen (secondary N) is 2. The Morgan fingerprint density at radius 1 is 1.25 bits per heavy atom. The molecule has 0 bridgehead atoms. The van der Waals surface area contributed by atoms with E-state index in [9.17, 15) is 14.4 Å². The van der Waals surface area contributed by atoms with Gasteiger partial charge in [-0.1, -0.05) is 44.0 Å². The molecule has 2 heterocycles. The molecule has 2 aliphatic rings. The van der Waals surface area contributed by atoms with Gasteiger partial charge in [-0.25, -0.2) is 4.79 Å². The normalized spacial score (nSPS) is 24.5. The Bertz CT molecular complexity index is 911. The summed E-state index contributed by atoms with van der Waals surface area (Å²) in [6, 6.07) is 11.0. The molecule has 1 spiro atoms. The molecule has 1 aliphatic carbocycles. The smallest absolute Gasteiger partial charge is 0.324 e. The lowest BCUT2D eigenvalue weighted by molar-refractivity contribution is -0.136. The van der Waals surface area contributed by atoms with Crippen LogP contribution in [-0.4, -0.2) is 34.8 Å². The second-order valence-electron chi connectivity index (χ2n) is 7.51. The first-order valence-electron chi connectivity index (χ1n) is 9.58. The zero-order valence-corrected chi connectivity index (χ0v) is 16.6. The fourth-order valence-corrected chi connectivity index (χ4v) is 4.98. The highest BCUT2D eigenvalue weighted by Crippen LogP contribution is 2.38. The zero-order chi connectivity index (χ0) is 19.7. The quantitative estimate of drug-likeness (QED) is 0.769. The SMILES string of the molecule is CC1CCCCC12NC(=O)N(CC(=O)Nc1ccccc1-c1cccs1)C2=O. The molecule has 1 saturated carbocycles. The lowest BCUT2D eigenvalue weighted by Crippen LogP contribution is -2.54. The first-order chi connectivity index (χ1) is 13.5. The second kappa shape index (κ2) is 7.39. The molecule has 1 aliphatic heterocycles. The van der Waals surface area contributed by atoms with Crippen molar-refractivity contribution in [3.05, 3.63) is 41.8 Å². The van der Waals surface area contributed by atoms with Crippen molar-refractivity contribution in [1.29, 1.82) is 0 Å². The fourth-order valence-electron chi connectivity index (χ4n) is 4.21. The van der Waals surface area contributed by atoms with Crippen LogP contribution in [0.25, 0.3) is 10.4 Å². The summed E-state index contributed by atoms with van der Waals surface area (Å²) in [7, 11) is 0. The summed E-state index contributed by atoms with van der Waals surface area (Å²) in [4.78, 5) is 40.2. The Kier molecular flexibility index (Phi) is 4.93. The van der Waals surface area contributed by atoms with Crippen molar-refractivity contribution in [2.75, 3.05) is 11.9 Å². The van der Waals surface area contributed by atoms with Gasteiger partial charge in [0.1, 0.15) is 12.1 Å². The van der Waals surface area contributed by atoms with Crippen LogP contribution >= 0.6 is 11.3 Å². The number of para-hydroxylation sites is 1. The minimum Gasteiger partial charge on any atom is -0.324 e. The van der Waals surface area contributed by atoms with Crippen molar-refractivity contribution in [2.45, 2.75) is 38.1 Å². The van der Waals surface area contributed by atoms with Gasteiger partial charge in [0.2, 0.25) is 5.91 Å². The van der Waals surface area contributed by atoms with Crippen LogP contribution in [0.5, 0.6) is 0 Å². The van der Waals surface area contributed by atoms with Crippen LogP contribution in [0.4, 0.5) is 10.5 Å². The van der Waals surface area contributed by atoms with Crippen molar-refractivity contribution in [3.8, 4) is 10.4 Å². The number of benzene rings is 1. The standard InChI is InChI=1S/C21H23N3O3S/c1-14-7-4-5-11-21(14)19(26)24(20(27)23-21)13-18(25)22-16-9-3-2-8-15(16)17-10-6-12-28-17/h2-3,6,8-10,12,14H,4-5,7,11,13H2,1H3,(H,22,25)(H,23,27). The van der Waals surface area contributed by atoms with Crippen molar-refractivity contribution in [1.82, 2.24) is 10.2 Å². The van der Waals surface area contributed by atoms with Gasteiger partial charge in [0.25, 0.3) is 5.91 Å². The Morgan fingerprint density at radius 2 is 2.07 bits per heavy atom. The monoisotopic (exact) mass is 397 g/mol. The number of hydrogen-bond donors (Lipinski definition) is 2. The maximum Gasteiger partial charge on any atom is 0.325 e. The number of rotatable bonds is 4. The number of amides is 4. The van der Waals surface area contributed by atoms with E-state index < -0.39 is 11.6 Å². The average molecular weight is 398 g/mol. The van der Waals surface area contributed by atoms with E-state index >= 15 is 0 Å². The van der Waals surface area contributed by atoms with Gasteiger partial charge >= 0.3 is 6.03 Å². The third-order valence-corrected chi connectivity index (χ3v) is 6.69. The Morgan fingerprint density at radius 3 is 2.82 bits per heavy atom. The summed E-state index contributed by atoms with van der Waals surface area (Å²) in [5.74, 6) is -0.579. The zero-order valence-electron chi connectivity index (χ0n) is 15.7. The van der Waals surface area contributed by atoms with E-state index in [2.05, 4.69) is 10.6 Å². The molecular weight excluding hydrogens is 374 g/mol. The molecule has 4 amide bonds. The third-order valence-electron chi connectivity index (χ3n) is 5.79. The van der Waals surface area contributed by atoms with Crippen LogP contribution in [0, 0.1) is 5.92 Å². The average Bonchev–Trinajstić information content (AvgIpc) is 3.29. The molecule has 2 atom stereocenters. The number of urea groups is 1. The van der Waals surface area contributed by atoms with E-state index in [0.29, 0.717) is 12.1 Å². The molecule has 2 fully saturated rings. The minimum atomic E-state index is -0.843. The van der Waals surface area contributed by atoms with Gasteiger partial charge in [-0.2, -0.15) is 0 Å². The topological polar surface area (TPSA) is 78.5 Å².